The molecule has 4 aliphatic heterocycles. The second-order valence-corrected chi connectivity index (χ2v) is 16.5. The molecule has 9 N–H and O–H groups in total. The Morgan fingerprint density at radius 2 is 1.70 bits per heavy atom. The summed E-state index contributed by atoms with van der Waals surface area (Å²) in [7, 11) is 0. The maximum absolute atomic E-state index is 13.8. The molecule has 0 aliphatic carbocycles. The van der Waals surface area contributed by atoms with Crippen LogP contribution in [-0.4, -0.2) is 84.7 Å². The van der Waals surface area contributed by atoms with E-state index in [-0.39, 0.29) is 30.4 Å². The number of alkyl halides is 3. The third-order valence-corrected chi connectivity index (χ3v) is 11.9. The average molecular weight is 866 g/mol. The summed E-state index contributed by atoms with van der Waals surface area (Å²) in [6.45, 7) is 4.08. The Bertz CT molecular complexity index is 2060. The van der Waals surface area contributed by atoms with Crippen molar-refractivity contribution >= 4 is 58.5 Å². The molecule has 61 heavy (non-hydrogen) atoms. The monoisotopic (exact) mass is 865 g/mol. The average Bonchev–Trinajstić information content (AvgIpc) is 3.96. The van der Waals surface area contributed by atoms with Crippen LogP contribution in [-0.2, 0) is 15.8 Å². The summed E-state index contributed by atoms with van der Waals surface area (Å²) in [5, 5.41) is 15.6. The van der Waals surface area contributed by atoms with Gasteiger partial charge in [-0.05, 0) is 68.1 Å². The van der Waals surface area contributed by atoms with Crippen LogP contribution in [0, 0.1) is 0 Å². The number of unbranched alkanes of at least 4 members (excludes halogenated alkanes) is 3. The zero-order valence-corrected chi connectivity index (χ0v) is 34.9. The molecule has 3 atom stereocenters. The Labute approximate surface area is 357 Å². The number of pyridine rings is 1. The van der Waals surface area contributed by atoms with E-state index in [4.69, 9.17) is 16.6 Å². The SMILES string of the molecule is CCCCC(=O)NCCCCCC(=O)NC/C(N)=C/N(N)c1cccc(NC(=O)N2c3nc(-c4cccc(C(F)(F)F)c4)ccc3N3CC[C@H]2C3)c1.O=C1NC2CSCC2N1. The second kappa shape index (κ2) is 20.7. The molecule has 0 spiro atoms. The lowest BCUT2D eigenvalue weighted by Gasteiger charge is -2.36. The number of hydrogen-bond acceptors (Lipinski definition) is 10. The summed E-state index contributed by atoms with van der Waals surface area (Å²) in [5.74, 6) is 8.71. The van der Waals surface area contributed by atoms with Gasteiger partial charge in [0.05, 0.1) is 47.3 Å². The molecule has 2 aromatic carbocycles. The molecule has 2 unspecified atom stereocenters. The third kappa shape index (κ3) is 12.2. The van der Waals surface area contributed by atoms with E-state index in [1.165, 1.54) is 17.3 Å². The Kier molecular flexibility index (Phi) is 15.2. The molecule has 3 fully saturated rings. The number of carbonyl (C=O) groups excluding carboxylic acids is 4. The first-order valence-corrected chi connectivity index (χ1v) is 21.8. The number of halogens is 3. The topological polar surface area (TPSA) is 203 Å². The van der Waals surface area contributed by atoms with Crippen molar-refractivity contribution in [1.29, 1.82) is 0 Å². The molecule has 3 aromatic rings. The first kappa shape index (κ1) is 44.9. The highest BCUT2D eigenvalue weighted by Gasteiger charge is 2.41. The molecule has 15 nitrogen and oxygen atoms in total. The first-order chi connectivity index (χ1) is 29.3. The van der Waals surface area contributed by atoms with Crippen LogP contribution in [0.25, 0.3) is 11.3 Å². The lowest BCUT2D eigenvalue weighted by atomic mass is 10.1. The van der Waals surface area contributed by atoms with Gasteiger partial charge < -0.3 is 37.2 Å². The molecule has 3 saturated heterocycles. The number of urea groups is 2. The lowest BCUT2D eigenvalue weighted by molar-refractivity contribution is -0.137. The van der Waals surface area contributed by atoms with Crippen LogP contribution in [0.2, 0.25) is 0 Å². The highest BCUT2D eigenvalue weighted by Crippen LogP contribution is 2.41. The van der Waals surface area contributed by atoms with Crippen molar-refractivity contribution in [2.75, 3.05) is 57.8 Å². The maximum Gasteiger partial charge on any atom is 0.416 e. The van der Waals surface area contributed by atoms with E-state index in [1.807, 2.05) is 18.7 Å². The number of rotatable bonds is 15. The number of carbonyl (C=O) groups is 4. The van der Waals surface area contributed by atoms with Crippen LogP contribution in [0.4, 0.5) is 45.6 Å². The van der Waals surface area contributed by atoms with Gasteiger partial charge in [0, 0.05) is 67.1 Å². The molecular formula is C42H54F3N11O4S. The van der Waals surface area contributed by atoms with Crippen molar-refractivity contribution in [2.45, 2.75) is 82.6 Å². The summed E-state index contributed by atoms with van der Waals surface area (Å²) in [5.41, 5.74) is 8.01. The summed E-state index contributed by atoms with van der Waals surface area (Å²) < 4.78 is 40.3. The number of nitrogens with one attached hydrogen (secondary N) is 5. The van der Waals surface area contributed by atoms with Crippen LogP contribution in [0.1, 0.15) is 63.9 Å². The summed E-state index contributed by atoms with van der Waals surface area (Å²) in [6.07, 6.45) is 2.75. The van der Waals surface area contributed by atoms with Crippen LogP contribution in [0.15, 0.2) is 72.6 Å². The largest absolute Gasteiger partial charge is 0.416 e. The first-order valence-electron chi connectivity index (χ1n) is 20.6. The number of thioether (sulfide) groups is 1. The van der Waals surface area contributed by atoms with Crippen molar-refractivity contribution in [3.05, 3.63) is 78.1 Å². The smallest absolute Gasteiger partial charge is 0.399 e. The van der Waals surface area contributed by atoms with E-state index in [2.05, 4.69) is 31.5 Å². The fraction of sp³-hybridized carbons (Fsp3) is 0.452. The number of hydrazine groups is 1. The van der Waals surface area contributed by atoms with E-state index in [9.17, 15) is 32.3 Å². The van der Waals surface area contributed by atoms with Gasteiger partial charge in [-0.15, -0.1) is 0 Å². The van der Waals surface area contributed by atoms with Crippen LogP contribution >= 0.6 is 11.8 Å². The number of fused-ring (bicyclic) bond motifs is 5. The molecule has 0 radical (unpaired) electrons. The third-order valence-electron chi connectivity index (χ3n) is 10.7. The van der Waals surface area contributed by atoms with Crippen molar-refractivity contribution in [3.8, 4) is 11.3 Å². The van der Waals surface area contributed by atoms with E-state index < -0.39 is 17.8 Å². The van der Waals surface area contributed by atoms with Crippen LogP contribution < -0.4 is 53.0 Å². The van der Waals surface area contributed by atoms with Crippen LogP contribution in [0.5, 0.6) is 0 Å². The highest BCUT2D eigenvalue weighted by molar-refractivity contribution is 7.99. The molecule has 328 valence electrons. The maximum atomic E-state index is 13.8. The van der Waals surface area contributed by atoms with Gasteiger partial charge in [-0.25, -0.2) is 20.4 Å². The Balaban J connectivity index is 0.000000605. The quantitative estimate of drug-likeness (QED) is 0.0434. The van der Waals surface area contributed by atoms with Gasteiger partial charge >= 0.3 is 18.2 Å². The number of aromatic nitrogens is 1. The Hall–Kier alpha value is -5.69. The van der Waals surface area contributed by atoms with Gasteiger partial charge in [-0.3, -0.25) is 19.5 Å². The van der Waals surface area contributed by atoms with Crippen LogP contribution in [0.3, 0.4) is 0 Å². The molecule has 2 bridgehead atoms. The fourth-order valence-electron chi connectivity index (χ4n) is 7.46. The van der Waals surface area contributed by atoms with Gasteiger partial charge in [0.1, 0.15) is 0 Å². The molecule has 0 saturated carbocycles. The summed E-state index contributed by atoms with van der Waals surface area (Å²) in [6, 6.07) is 15.5. The minimum atomic E-state index is -4.50. The minimum absolute atomic E-state index is 0.00491. The number of nitrogens with zero attached hydrogens (tertiary/aromatic N) is 4. The molecular weight excluding hydrogens is 812 g/mol. The highest BCUT2D eigenvalue weighted by atomic mass is 32.2. The summed E-state index contributed by atoms with van der Waals surface area (Å²) >= 11 is 1.89. The van der Waals surface area contributed by atoms with Crippen molar-refractivity contribution in [3.63, 3.8) is 0 Å². The molecule has 19 heteroatoms. The molecule has 7 rings (SSSR count). The predicted molar refractivity (Wildman–Crippen MR) is 233 cm³/mol. The zero-order chi connectivity index (χ0) is 43.5. The second-order valence-electron chi connectivity index (χ2n) is 15.4. The van der Waals surface area contributed by atoms with Crippen molar-refractivity contribution in [2.24, 2.45) is 11.6 Å². The van der Waals surface area contributed by atoms with Gasteiger partial charge in [-0.1, -0.05) is 38.0 Å². The predicted octanol–water partition coefficient (Wildman–Crippen LogP) is 5.64. The number of benzene rings is 2. The number of amides is 6. The Morgan fingerprint density at radius 3 is 2.46 bits per heavy atom. The van der Waals surface area contributed by atoms with Gasteiger partial charge in [-0.2, -0.15) is 24.9 Å². The van der Waals surface area contributed by atoms with E-state index in [1.54, 1.807) is 47.4 Å². The van der Waals surface area contributed by atoms with E-state index in [0.29, 0.717) is 85.0 Å². The molecule has 1 aromatic heterocycles. The normalized spacial score (nSPS) is 18.9. The lowest BCUT2D eigenvalue weighted by Crippen LogP contribution is -2.48. The molecule has 6 amide bonds. The van der Waals surface area contributed by atoms with Gasteiger partial charge in [0.25, 0.3) is 0 Å². The van der Waals surface area contributed by atoms with Gasteiger partial charge in [0.15, 0.2) is 5.82 Å². The standard InChI is InChI=1S/C37H46F3N9O3.C5H8N2OS/c1-2-3-13-33(50)43-18-6-4-5-14-34(51)44-22-27(41)23-48(42)29-12-8-11-28(21-29)45-36(52)49-30-17-19-47(24-30)32-16-15-31(46-35(32)49)25-9-7-10-26(20-25)37(38,39)40;8-5-6-3-1-9-2-4(3)7-5/h7-12,15-16,20-21,23,30H,2-6,13-14,17-19,22,24,41-42H2,1H3,(H,43,50)(H,44,51)(H,45,52);3-4H,1-2H2,(H2,6,7,8)/b27-23-;/t30-;/m0./s1. The van der Waals surface area contributed by atoms with Crippen molar-refractivity contribution < 1.29 is 32.3 Å². The fourth-order valence-corrected chi connectivity index (χ4v) is 8.74. The zero-order valence-electron chi connectivity index (χ0n) is 34.1. The number of hydrogen-bond donors (Lipinski definition) is 7. The summed E-state index contributed by atoms with van der Waals surface area (Å²) in [4.78, 5) is 56.8. The van der Waals surface area contributed by atoms with Crippen molar-refractivity contribution in [1.82, 2.24) is 26.3 Å². The van der Waals surface area contributed by atoms with E-state index in [0.717, 1.165) is 61.6 Å². The number of anilines is 4. The minimum Gasteiger partial charge on any atom is -0.399 e. The molecule has 4 aliphatic rings. The number of nitrogens with two attached hydrogens (primary N) is 2. The Morgan fingerprint density at radius 1 is 0.967 bits per heavy atom. The molecule has 5 heterocycles. The van der Waals surface area contributed by atoms with Gasteiger partial charge in [0.2, 0.25) is 11.8 Å². The van der Waals surface area contributed by atoms with E-state index >= 15 is 0 Å².